The maximum Gasteiger partial charge on any atom is 0.493 e. The number of rotatable bonds is 2. The van der Waals surface area contributed by atoms with Crippen LogP contribution in [0.2, 0.25) is 5.15 Å². The summed E-state index contributed by atoms with van der Waals surface area (Å²) in [5, 5.41) is 18.0. The van der Waals surface area contributed by atoms with E-state index in [2.05, 4.69) is 9.97 Å². The van der Waals surface area contributed by atoms with Gasteiger partial charge in [0.05, 0.1) is 0 Å². The fourth-order valence-electron chi connectivity index (χ4n) is 1.27. The lowest BCUT2D eigenvalue weighted by Gasteiger charge is -2.04. The molecule has 0 saturated carbocycles. The third-order valence-electron chi connectivity index (χ3n) is 2.08. The lowest BCUT2D eigenvalue weighted by molar-refractivity contribution is 0.425. The van der Waals surface area contributed by atoms with Gasteiger partial charge in [-0.25, -0.2) is 9.97 Å². The van der Waals surface area contributed by atoms with E-state index in [4.69, 9.17) is 21.6 Å². The lowest BCUT2D eigenvalue weighted by Crippen LogP contribution is -2.32. The van der Waals surface area contributed by atoms with Gasteiger partial charge in [0.15, 0.2) is 5.82 Å². The van der Waals surface area contributed by atoms with Crippen LogP contribution in [0.4, 0.5) is 0 Å². The molecule has 0 unspecified atom stereocenters. The molecule has 2 rings (SSSR count). The van der Waals surface area contributed by atoms with Crippen LogP contribution in [0.25, 0.3) is 11.4 Å². The molecule has 0 aliphatic rings. The third-order valence-corrected chi connectivity index (χ3v) is 2.38. The van der Waals surface area contributed by atoms with Crippen molar-refractivity contribution >= 4 is 24.2 Å². The summed E-state index contributed by atoms with van der Waals surface area (Å²) in [5.74, 6) is 0.454. The first-order valence-electron chi connectivity index (χ1n) is 4.62. The lowest BCUT2D eigenvalue weighted by atomic mass is 9.83. The molecule has 1 heterocycles. The summed E-state index contributed by atoms with van der Waals surface area (Å²) in [7, 11) is -1.66. The van der Waals surface area contributed by atoms with Crippen LogP contribution in [0.5, 0.6) is 0 Å². The van der Waals surface area contributed by atoms with Gasteiger partial charge in [-0.3, -0.25) is 0 Å². The van der Waals surface area contributed by atoms with Crippen LogP contribution in [0.15, 0.2) is 36.5 Å². The Morgan fingerprint density at radius 2 is 1.81 bits per heavy atom. The van der Waals surface area contributed by atoms with Gasteiger partial charge in [-0.2, -0.15) is 0 Å². The van der Waals surface area contributed by atoms with Gasteiger partial charge in [0, 0.05) is 17.2 Å². The maximum absolute atomic E-state index is 8.96. The van der Waals surface area contributed by atoms with Crippen LogP contribution >= 0.6 is 11.6 Å². The molecule has 1 aromatic carbocycles. The Morgan fingerprint density at radius 3 is 2.38 bits per heavy atom. The average Bonchev–Trinajstić information content (AvgIpc) is 2.29. The fraction of sp³-hybridized carbons (Fsp3) is 0. The summed E-state index contributed by atoms with van der Waals surface area (Å²) in [6.07, 6.45) is 1.31. The first-order valence-corrected chi connectivity index (χ1v) is 5.00. The Hall–Kier alpha value is -1.43. The monoisotopic (exact) mass is 234 g/mol. The smallest absolute Gasteiger partial charge is 0.423 e. The molecule has 4 nitrogen and oxygen atoms in total. The summed E-state index contributed by atoms with van der Waals surface area (Å²) in [6.45, 7) is 0. The molecule has 0 fully saturated rings. The van der Waals surface area contributed by atoms with Crippen molar-refractivity contribution in [3.63, 3.8) is 0 Å². The predicted octanol–water partition coefficient (Wildman–Crippen LogP) is 0.477. The molecular formula is C10H8BClN2O2. The highest BCUT2D eigenvalue weighted by molar-refractivity contribution is 6.62. The summed E-state index contributed by atoms with van der Waals surface area (Å²) >= 11 is 5.80. The quantitative estimate of drug-likeness (QED) is 0.586. The van der Waals surface area contributed by atoms with Gasteiger partial charge in [-0.15, -0.1) is 0 Å². The second-order valence-electron chi connectivity index (χ2n) is 3.18. The highest BCUT2D eigenvalue weighted by atomic mass is 35.5. The zero-order valence-corrected chi connectivity index (χ0v) is 8.96. The average molecular weight is 234 g/mol. The Labute approximate surface area is 97.7 Å². The molecule has 0 aliphatic heterocycles. The Kier molecular flexibility index (Phi) is 3.19. The molecule has 1 aromatic heterocycles. The van der Waals surface area contributed by atoms with Gasteiger partial charge in [0.2, 0.25) is 0 Å². The van der Waals surface area contributed by atoms with Crippen molar-refractivity contribution in [2.24, 2.45) is 0 Å². The van der Waals surface area contributed by atoms with Crippen LogP contribution in [-0.2, 0) is 0 Å². The van der Waals surface area contributed by atoms with Gasteiger partial charge >= 0.3 is 7.12 Å². The minimum atomic E-state index is -1.66. The molecule has 0 radical (unpaired) electrons. The minimum absolute atomic E-state index is 0.0452. The number of hydrogen-bond donors (Lipinski definition) is 2. The van der Waals surface area contributed by atoms with E-state index in [1.54, 1.807) is 0 Å². The first-order chi connectivity index (χ1) is 7.68. The third kappa shape index (κ3) is 2.22. The zero-order chi connectivity index (χ0) is 11.5. The number of benzene rings is 1. The van der Waals surface area contributed by atoms with Crippen LogP contribution < -0.4 is 5.46 Å². The van der Waals surface area contributed by atoms with E-state index in [1.165, 1.54) is 6.20 Å². The summed E-state index contributed by atoms with van der Waals surface area (Å²) in [6, 6.07) is 9.31. The molecule has 0 atom stereocenters. The number of aromatic nitrogens is 2. The first kappa shape index (κ1) is 11.1. The van der Waals surface area contributed by atoms with Crippen molar-refractivity contribution in [2.45, 2.75) is 0 Å². The maximum atomic E-state index is 8.96. The van der Waals surface area contributed by atoms with Crippen LogP contribution in [0.1, 0.15) is 0 Å². The highest BCUT2D eigenvalue weighted by Gasteiger charge is 2.17. The SMILES string of the molecule is OB(O)c1cnc(-c2ccccc2)nc1Cl. The van der Waals surface area contributed by atoms with E-state index in [-0.39, 0.29) is 10.6 Å². The standard InChI is InChI=1S/C10H8BClN2O2/c12-9-8(11(15)16)6-13-10(14-9)7-4-2-1-3-5-7/h1-6,15-16H. The second-order valence-corrected chi connectivity index (χ2v) is 3.54. The Balaban J connectivity index is 2.43. The number of hydrogen-bond acceptors (Lipinski definition) is 4. The van der Waals surface area contributed by atoms with Gasteiger partial charge in [-0.1, -0.05) is 41.9 Å². The van der Waals surface area contributed by atoms with Gasteiger partial charge < -0.3 is 10.0 Å². The summed E-state index contributed by atoms with van der Waals surface area (Å²) in [4.78, 5) is 8.01. The molecule has 6 heteroatoms. The molecule has 0 bridgehead atoms. The zero-order valence-electron chi connectivity index (χ0n) is 8.21. The number of halogens is 1. The summed E-state index contributed by atoms with van der Waals surface area (Å²) in [5.41, 5.74) is 0.921. The van der Waals surface area contributed by atoms with Crippen LogP contribution in [0, 0.1) is 0 Å². The Bertz CT molecular complexity index is 493. The van der Waals surface area contributed by atoms with Gasteiger partial charge in [0.25, 0.3) is 0 Å². The largest absolute Gasteiger partial charge is 0.493 e. The van der Waals surface area contributed by atoms with Crippen molar-refractivity contribution in [1.82, 2.24) is 9.97 Å². The van der Waals surface area contributed by atoms with E-state index < -0.39 is 7.12 Å². The molecule has 2 N–H and O–H groups in total. The molecule has 0 amide bonds. The van der Waals surface area contributed by atoms with E-state index in [0.29, 0.717) is 5.82 Å². The second kappa shape index (κ2) is 4.61. The van der Waals surface area contributed by atoms with E-state index in [0.717, 1.165) is 5.56 Å². The van der Waals surface area contributed by atoms with Gasteiger partial charge in [-0.05, 0) is 0 Å². The normalized spacial score (nSPS) is 10.2. The predicted molar refractivity (Wildman–Crippen MR) is 62.3 cm³/mol. The minimum Gasteiger partial charge on any atom is -0.423 e. The Morgan fingerprint density at radius 1 is 1.12 bits per heavy atom. The topological polar surface area (TPSA) is 66.2 Å². The van der Waals surface area contributed by atoms with Crippen LogP contribution in [0.3, 0.4) is 0 Å². The van der Waals surface area contributed by atoms with Crippen molar-refractivity contribution in [3.8, 4) is 11.4 Å². The molecular weight excluding hydrogens is 226 g/mol. The van der Waals surface area contributed by atoms with Crippen molar-refractivity contribution in [1.29, 1.82) is 0 Å². The molecule has 80 valence electrons. The van der Waals surface area contributed by atoms with Crippen molar-refractivity contribution < 1.29 is 10.0 Å². The molecule has 0 spiro atoms. The van der Waals surface area contributed by atoms with Gasteiger partial charge in [0.1, 0.15) is 5.15 Å². The summed E-state index contributed by atoms with van der Waals surface area (Å²) < 4.78 is 0. The number of nitrogens with zero attached hydrogens (tertiary/aromatic N) is 2. The highest BCUT2D eigenvalue weighted by Crippen LogP contribution is 2.14. The van der Waals surface area contributed by atoms with E-state index >= 15 is 0 Å². The van der Waals surface area contributed by atoms with Crippen molar-refractivity contribution in [2.75, 3.05) is 0 Å². The van der Waals surface area contributed by atoms with E-state index in [1.807, 2.05) is 30.3 Å². The molecule has 16 heavy (non-hydrogen) atoms. The molecule has 0 aliphatic carbocycles. The molecule has 2 aromatic rings. The molecule has 0 saturated heterocycles. The van der Waals surface area contributed by atoms with Crippen LogP contribution in [-0.4, -0.2) is 27.1 Å². The fourth-order valence-corrected chi connectivity index (χ4v) is 1.50. The van der Waals surface area contributed by atoms with E-state index in [9.17, 15) is 0 Å². The van der Waals surface area contributed by atoms with Crippen molar-refractivity contribution in [3.05, 3.63) is 41.7 Å².